The second kappa shape index (κ2) is 9.16. The molecule has 1 heterocycles. The van der Waals surface area contributed by atoms with Gasteiger partial charge in [-0.2, -0.15) is 0 Å². The van der Waals surface area contributed by atoms with Gasteiger partial charge in [0.2, 0.25) is 0 Å². The maximum atomic E-state index is 11.8. The standard InChI is InChI=1S/C13H20N4O.C2H6/c1-5-10(12(14)13(18)16(2)3)11-9-17(4)8-6-7-15-11;1-2/h1H,6-9,14H2,2-4H3;1-2H3/b12-10-;. The zero-order valence-electron chi connectivity index (χ0n) is 13.2. The Labute approximate surface area is 122 Å². The third-order valence-electron chi connectivity index (χ3n) is 2.76. The lowest BCUT2D eigenvalue weighted by Crippen LogP contribution is -2.32. The first-order valence-corrected chi connectivity index (χ1v) is 6.87. The van der Waals surface area contributed by atoms with Gasteiger partial charge in [-0.05, 0) is 13.5 Å². The molecule has 0 fully saturated rings. The van der Waals surface area contributed by atoms with E-state index in [2.05, 4.69) is 15.8 Å². The smallest absolute Gasteiger partial charge is 0.270 e. The van der Waals surface area contributed by atoms with E-state index in [0.717, 1.165) is 18.7 Å². The van der Waals surface area contributed by atoms with E-state index in [1.165, 1.54) is 4.90 Å². The number of hydrogen-bond donors (Lipinski definition) is 1. The molecule has 0 radical (unpaired) electrons. The lowest BCUT2D eigenvalue weighted by molar-refractivity contribution is -0.124. The lowest BCUT2D eigenvalue weighted by atomic mass is 10.1. The number of aliphatic imine (C=N–C) groups is 1. The molecule has 5 nitrogen and oxygen atoms in total. The SMILES string of the molecule is C#C/C(C1=NCCCN(C)C1)=C(/N)C(=O)N(C)C.CC. The van der Waals surface area contributed by atoms with Crippen LogP contribution >= 0.6 is 0 Å². The van der Waals surface area contributed by atoms with Crippen LogP contribution < -0.4 is 5.73 Å². The number of rotatable bonds is 2. The Bertz CT molecular complexity index is 430. The highest BCUT2D eigenvalue weighted by molar-refractivity contribution is 6.11. The maximum absolute atomic E-state index is 11.8. The van der Waals surface area contributed by atoms with E-state index in [4.69, 9.17) is 12.2 Å². The van der Waals surface area contributed by atoms with Gasteiger partial charge in [0.25, 0.3) is 5.91 Å². The summed E-state index contributed by atoms with van der Waals surface area (Å²) in [6.07, 6.45) is 6.47. The average molecular weight is 278 g/mol. The zero-order valence-corrected chi connectivity index (χ0v) is 13.2. The van der Waals surface area contributed by atoms with E-state index < -0.39 is 0 Å². The predicted octanol–water partition coefficient (Wildman–Crippen LogP) is 0.723. The van der Waals surface area contributed by atoms with Crippen LogP contribution in [-0.2, 0) is 4.79 Å². The second-order valence-corrected chi connectivity index (χ2v) is 4.55. The fraction of sp³-hybridized carbons (Fsp3) is 0.600. The highest BCUT2D eigenvalue weighted by Crippen LogP contribution is 2.08. The summed E-state index contributed by atoms with van der Waals surface area (Å²) >= 11 is 0. The van der Waals surface area contributed by atoms with Crippen molar-refractivity contribution in [3.8, 4) is 12.3 Å². The van der Waals surface area contributed by atoms with Gasteiger partial charge in [-0.3, -0.25) is 9.79 Å². The van der Waals surface area contributed by atoms with Gasteiger partial charge in [-0.1, -0.05) is 19.8 Å². The van der Waals surface area contributed by atoms with Crippen molar-refractivity contribution in [1.29, 1.82) is 0 Å². The van der Waals surface area contributed by atoms with Gasteiger partial charge >= 0.3 is 0 Å². The molecule has 1 aliphatic heterocycles. The van der Waals surface area contributed by atoms with E-state index in [9.17, 15) is 4.79 Å². The number of carbonyl (C=O) groups is 1. The van der Waals surface area contributed by atoms with Crippen molar-refractivity contribution in [2.45, 2.75) is 20.3 Å². The molecule has 0 aromatic rings. The van der Waals surface area contributed by atoms with Crippen LogP contribution in [0.5, 0.6) is 0 Å². The number of nitrogens with two attached hydrogens (primary N) is 1. The quantitative estimate of drug-likeness (QED) is 0.598. The molecule has 2 N–H and O–H groups in total. The van der Waals surface area contributed by atoms with Crippen molar-refractivity contribution in [3.05, 3.63) is 11.3 Å². The third kappa shape index (κ3) is 5.06. The van der Waals surface area contributed by atoms with Gasteiger partial charge in [0.05, 0.1) is 11.3 Å². The molecule has 0 aromatic heterocycles. The van der Waals surface area contributed by atoms with Crippen molar-refractivity contribution in [2.75, 3.05) is 40.8 Å². The Hall–Kier alpha value is -1.80. The van der Waals surface area contributed by atoms with Crippen LogP contribution in [0, 0.1) is 12.3 Å². The minimum Gasteiger partial charge on any atom is -0.393 e. The minimum absolute atomic E-state index is 0.0940. The summed E-state index contributed by atoms with van der Waals surface area (Å²) < 4.78 is 0. The first-order chi connectivity index (χ1) is 9.47. The average Bonchev–Trinajstić information content (AvgIpc) is 2.65. The summed E-state index contributed by atoms with van der Waals surface area (Å²) in [5, 5.41) is 0. The number of likely N-dealkylation sites (N-methyl/N-ethyl adjacent to an activating group) is 1. The first kappa shape index (κ1) is 18.2. The van der Waals surface area contributed by atoms with Crippen LogP contribution in [0.4, 0.5) is 0 Å². The minimum atomic E-state index is -0.280. The molecule has 20 heavy (non-hydrogen) atoms. The molecule has 0 unspecified atom stereocenters. The monoisotopic (exact) mass is 278 g/mol. The third-order valence-corrected chi connectivity index (χ3v) is 2.76. The number of carbonyl (C=O) groups excluding carboxylic acids is 1. The molecule has 1 aliphatic rings. The van der Waals surface area contributed by atoms with Crippen molar-refractivity contribution in [1.82, 2.24) is 9.80 Å². The highest BCUT2D eigenvalue weighted by atomic mass is 16.2. The summed E-state index contributed by atoms with van der Waals surface area (Å²) in [6, 6.07) is 0. The molecular weight excluding hydrogens is 252 g/mol. The summed E-state index contributed by atoms with van der Waals surface area (Å²) in [7, 11) is 5.29. The van der Waals surface area contributed by atoms with Gasteiger partial charge < -0.3 is 15.5 Å². The van der Waals surface area contributed by atoms with Gasteiger partial charge in [0.15, 0.2) is 0 Å². The number of amides is 1. The molecule has 1 amide bonds. The second-order valence-electron chi connectivity index (χ2n) is 4.55. The van der Waals surface area contributed by atoms with Crippen LogP contribution in [0.3, 0.4) is 0 Å². The van der Waals surface area contributed by atoms with Crippen LogP contribution in [0.15, 0.2) is 16.3 Å². The van der Waals surface area contributed by atoms with Crippen molar-refractivity contribution < 1.29 is 4.79 Å². The molecule has 0 aliphatic carbocycles. The fourth-order valence-corrected chi connectivity index (χ4v) is 1.76. The Balaban J connectivity index is 0.00000172. The normalized spacial score (nSPS) is 16.7. The van der Waals surface area contributed by atoms with Gasteiger partial charge in [0.1, 0.15) is 5.70 Å². The number of terminal acetylenes is 1. The Morgan fingerprint density at radius 1 is 1.45 bits per heavy atom. The Morgan fingerprint density at radius 2 is 2.05 bits per heavy atom. The predicted molar refractivity (Wildman–Crippen MR) is 84.5 cm³/mol. The summed E-state index contributed by atoms with van der Waals surface area (Å²) in [5.41, 5.74) is 7.09. The van der Waals surface area contributed by atoms with Crippen molar-refractivity contribution >= 4 is 11.6 Å². The number of hydrogen-bond acceptors (Lipinski definition) is 4. The van der Waals surface area contributed by atoms with Crippen molar-refractivity contribution in [3.63, 3.8) is 0 Å². The molecule has 0 saturated carbocycles. The molecule has 0 aromatic carbocycles. The Kier molecular flexibility index (Phi) is 8.33. The number of nitrogens with zero attached hydrogens (tertiary/aromatic N) is 3. The Morgan fingerprint density at radius 3 is 2.55 bits per heavy atom. The van der Waals surface area contributed by atoms with Gasteiger partial charge in [-0.15, -0.1) is 6.42 Å². The van der Waals surface area contributed by atoms with Crippen molar-refractivity contribution in [2.24, 2.45) is 10.7 Å². The van der Waals surface area contributed by atoms with E-state index in [1.807, 2.05) is 20.9 Å². The highest BCUT2D eigenvalue weighted by Gasteiger charge is 2.19. The molecule has 5 heteroatoms. The van der Waals surface area contributed by atoms with E-state index in [1.54, 1.807) is 14.1 Å². The van der Waals surface area contributed by atoms with Crippen LogP contribution in [-0.4, -0.2) is 62.2 Å². The molecule has 112 valence electrons. The van der Waals surface area contributed by atoms with Gasteiger partial charge in [-0.25, -0.2) is 0 Å². The van der Waals surface area contributed by atoms with Gasteiger partial charge in [0, 0.05) is 33.7 Å². The van der Waals surface area contributed by atoms with Crippen LogP contribution in [0.2, 0.25) is 0 Å². The molecule has 0 bridgehead atoms. The lowest BCUT2D eigenvalue weighted by Gasteiger charge is -2.16. The van der Waals surface area contributed by atoms with E-state index >= 15 is 0 Å². The molecule has 0 spiro atoms. The first-order valence-electron chi connectivity index (χ1n) is 6.87. The van der Waals surface area contributed by atoms with E-state index in [0.29, 0.717) is 18.7 Å². The molecule has 0 saturated heterocycles. The molecule has 0 atom stereocenters. The fourth-order valence-electron chi connectivity index (χ4n) is 1.76. The molecule has 1 rings (SSSR count). The molecular formula is C15H26N4O. The summed E-state index contributed by atoms with van der Waals surface area (Å²) in [6.45, 7) is 6.31. The maximum Gasteiger partial charge on any atom is 0.270 e. The zero-order chi connectivity index (χ0) is 15.7. The largest absolute Gasteiger partial charge is 0.393 e. The summed E-state index contributed by atoms with van der Waals surface area (Å²) in [4.78, 5) is 19.8. The van der Waals surface area contributed by atoms with Crippen LogP contribution in [0.1, 0.15) is 20.3 Å². The summed E-state index contributed by atoms with van der Waals surface area (Å²) in [5.74, 6) is 2.23. The topological polar surface area (TPSA) is 61.9 Å². The van der Waals surface area contributed by atoms with Crippen LogP contribution in [0.25, 0.3) is 0 Å². The van der Waals surface area contributed by atoms with E-state index in [-0.39, 0.29) is 11.6 Å².